The topological polar surface area (TPSA) is 465 Å². The average molecular weight is 1320 g/mol. The van der Waals surface area contributed by atoms with Crippen LogP contribution in [0.25, 0.3) is 10.9 Å². The number of hydrogen-bond acceptors (Lipinski definition) is 17. The second kappa shape index (κ2) is 36.0. The van der Waals surface area contributed by atoms with Gasteiger partial charge < -0.3 is 89.8 Å². The summed E-state index contributed by atoms with van der Waals surface area (Å²) in [5.41, 5.74) is 14.2. The Morgan fingerprint density at radius 2 is 0.872 bits per heavy atom. The van der Waals surface area contributed by atoms with Gasteiger partial charge in [0.05, 0.1) is 25.7 Å². The predicted octanol–water partition coefficient (Wildman–Crippen LogP) is -1.50. The predicted molar refractivity (Wildman–Crippen MR) is 346 cm³/mol. The highest BCUT2D eigenvalue weighted by Crippen LogP contribution is 2.21. The fourth-order valence-electron chi connectivity index (χ4n) is 9.91. The Hall–Kier alpha value is -10.4. The van der Waals surface area contributed by atoms with Gasteiger partial charge in [-0.05, 0) is 83.5 Å². The molecule has 0 bridgehead atoms. The third kappa shape index (κ3) is 22.5. The molecule has 0 unspecified atom stereocenters. The zero-order chi connectivity index (χ0) is 68.4. The first-order chi connectivity index (χ1) is 44.9. The number of benzene rings is 5. The van der Waals surface area contributed by atoms with E-state index in [2.05, 4.69) is 52.8 Å². The third-order valence-corrected chi connectivity index (χ3v) is 15.6. The van der Waals surface area contributed by atoms with E-state index in [0.717, 1.165) is 0 Å². The lowest BCUT2D eigenvalue weighted by Gasteiger charge is -2.28. The molecule has 1 heterocycles. The minimum atomic E-state index is -1.94. The smallest absolute Gasteiger partial charge is 0.326 e. The van der Waals surface area contributed by atoms with Gasteiger partial charge in [-0.3, -0.25) is 47.9 Å². The monoisotopic (exact) mass is 1310 g/mol. The lowest BCUT2D eigenvalue weighted by molar-refractivity contribution is -0.142. The second-order valence-corrected chi connectivity index (χ2v) is 23.1. The van der Waals surface area contributed by atoms with Gasteiger partial charge in [-0.25, -0.2) is 4.79 Å². The Bertz CT molecular complexity index is 3580. The molecule has 0 saturated heterocycles. The SMILES string of the molecule is CSCC[C@H](NC(=O)[C@H](Cc1c[nH]c2ccccc12)NC(=O)[C@H](Cc1ccc(O)cc1)NC(=O)[C@H](CC(N)=O)NC(=O)[C@H](CO)NC(=O)[C@H](Cc1ccccc1)NC(=O)[C@@H](NC(=O)[C@H](Cc1ccccc1)NC(=O)CN)[C@@H](C)O)C(=O)N[C@@H](Cc1ccc(O)cc1)C(=O)O. The number of primary amides is 1. The van der Waals surface area contributed by atoms with Crippen molar-refractivity contribution in [2.45, 2.75) is 112 Å². The maximum atomic E-state index is 14.9. The van der Waals surface area contributed by atoms with Crippen molar-refractivity contribution in [1.29, 1.82) is 0 Å². The van der Waals surface area contributed by atoms with Crippen LogP contribution in [-0.2, 0) is 84.8 Å². The number of aromatic hydroxyl groups is 2. The maximum Gasteiger partial charge on any atom is 0.326 e. The number of amides is 10. The minimum absolute atomic E-state index is 0.00166. The number of carboxylic acids is 1. The van der Waals surface area contributed by atoms with Crippen LogP contribution in [0.2, 0.25) is 0 Å². The number of hydrogen-bond donors (Lipinski definition) is 17. The van der Waals surface area contributed by atoms with E-state index < -0.39 is 145 Å². The number of nitrogens with two attached hydrogens (primary N) is 2. The number of carbonyl (C=O) groups excluding carboxylic acids is 10. The molecular weight excluding hydrogens is 1240 g/mol. The van der Waals surface area contributed by atoms with Gasteiger partial charge in [-0.15, -0.1) is 0 Å². The summed E-state index contributed by atoms with van der Waals surface area (Å²) < 4.78 is 0. The molecule has 0 radical (unpaired) electrons. The van der Waals surface area contributed by atoms with E-state index in [4.69, 9.17) is 11.5 Å². The lowest BCUT2D eigenvalue weighted by atomic mass is 10.0. The molecule has 94 heavy (non-hydrogen) atoms. The van der Waals surface area contributed by atoms with Crippen molar-refractivity contribution in [3.8, 4) is 11.5 Å². The highest BCUT2D eigenvalue weighted by molar-refractivity contribution is 7.98. The quantitative estimate of drug-likeness (QED) is 0.0213. The van der Waals surface area contributed by atoms with Crippen LogP contribution in [0.1, 0.15) is 47.6 Å². The molecule has 29 heteroatoms. The summed E-state index contributed by atoms with van der Waals surface area (Å²) in [5, 5.41) is 74.6. The average Bonchev–Trinajstić information content (AvgIpc) is 1.61. The third-order valence-electron chi connectivity index (χ3n) is 14.9. The molecule has 0 aliphatic rings. The fraction of sp³-hybridized carbons (Fsp3) is 0.338. The van der Waals surface area contributed by atoms with Crippen molar-refractivity contribution in [2.75, 3.05) is 25.2 Å². The first-order valence-electron chi connectivity index (χ1n) is 29.9. The second-order valence-electron chi connectivity index (χ2n) is 22.1. The molecule has 500 valence electrons. The van der Waals surface area contributed by atoms with Crippen LogP contribution in [0, 0.1) is 0 Å². The number of phenols is 2. The van der Waals surface area contributed by atoms with Gasteiger partial charge in [0.1, 0.15) is 65.9 Å². The minimum Gasteiger partial charge on any atom is -0.508 e. The molecule has 0 aliphatic carbocycles. The zero-order valence-electron chi connectivity index (χ0n) is 51.4. The Morgan fingerprint density at radius 3 is 1.36 bits per heavy atom. The number of para-hydroxylation sites is 1. The van der Waals surface area contributed by atoms with E-state index in [1.54, 1.807) is 97.4 Å². The van der Waals surface area contributed by atoms with Crippen molar-refractivity contribution < 1.29 is 78.3 Å². The number of phenolic OH excluding ortho intramolecular Hbond substituents is 2. The van der Waals surface area contributed by atoms with Crippen molar-refractivity contribution in [2.24, 2.45) is 11.5 Å². The summed E-state index contributed by atoms with van der Waals surface area (Å²) in [6.07, 6.45) is -0.272. The number of thioether (sulfide) groups is 1. The highest BCUT2D eigenvalue weighted by Gasteiger charge is 2.37. The van der Waals surface area contributed by atoms with E-state index in [9.17, 15) is 78.3 Å². The summed E-state index contributed by atoms with van der Waals surface area (Å²) in [5.74, 6) is -11.5. The molecule has 6 aromatic rings. The van der Waals surface area contributed by atoms with Crippen molar-refractivity contribution in [3.05, 3.63) is 167 Å². The van der Waals surface area contributed by atoms with Gasteiger partial charge >= 0.3 is 5.97 Å². The number of aliphatic hydroxyl groups excluding tert-OH is 2. The Kier molecular flexibility index (Phi) is 27.9. The van der Waals surface area contributed by atoms with Crippen molar-refractivity contribution >= 4 is 87.7 Å². The number of rotatable bonds is 36. The number of aromatic nitrogens is 1. The molecule has 5 aromatic carbocycles. The Labute approximate surface area is 544 Å². The summed E-state index contributed by atoms with van der Waals surface area (Å²) in [7, 11) is 0. The van der Waals surface area contributed by atoms with Gasteiger partial charge in [-0.1, -0.05) is 103 Å². The number of fused-ring (bicyclic) bond motifs is 1. The van der Waals surface area contributed by atoms with Crippen LogP contribution < -0.4 is 59.3 Å². The number of carbonyl (C=O) groups is 11. The molecule has 0 fully saturated rings. The summed E-state index contributed by atoms with van der Waals surface area (Å²) in [4.78, 5) is 155. The Morgan fingerprint density at radius 1 is 0.479 bits per heavy atom. The largest absolute Gasteiger partial charge is 0.508 e. The van der Waals surface area contributed by atoms with Crippen molar-refractivity contribution in [1.82, 2.24) is 52.8 Å². The number of aliphatic hydroxyl groups is 2. The molecule has 19 N–H and O–H groups in total. The number of nitrogens with one attached hydrogen (secondary N) is 10. The van der Waals surface area contributed by atoms with E-state index >= 15 is 0 Å². The lowest BCUT2D eigenvalue weighted by Crippen LogP contribution is -2.62. The summed E-state index contributed by atoms with van der Waals surface area (Å²) in [6.45, 7) is -0.431. The van der Waals surface area contributed by atoms with Crippen molar-refractivity contribution in [3.63, 3.8) is 0 Å². The van der Waals surface area contributed by atoms with Crippen LogP contribution in [-0.4, -0.2) is 181 Å². The van der Waals surface area contributed by atoms with Crippen LogP contribution in [0.15, 0.2) is 140 Å². The molecule has 1 aromatic heterocycles. The molecule has 10 amide bonds. The Balaban J connectivity index is 1.24. The van der Waals surface area contributed by atoms with E-state index in [-0.39, 0.29) is 50.0 Å². The normalized spacial score (nSPS) is 14.3. The van der Waals surface area contributed by atoms with Gasteiger partial charge in [0.25, 0.3) is 0 Å². The first kappa shape index (κ1) is 72.7. The molecule has 10 atom stereocenters. The van der Waals surface area contributed by atoms with E-state index in [1.807, 2.05) is 0 Å². The molecule has 0 saturated carbocycles. The van der Waals surface area contributed by atoms with Gasteiger partial charge in [-0.2, -0.15) is 11.8 Å². The highest BCUT2D eigenvalue weighted by atomic mass is 32.2. The number of carboxylic acid groups (broad SMARTS) is 1. The van der Waals surface area contributed by atoms with Crippen LogP contribution in [0.4, 0.5) is 0 Å². The standard InChI is InChI=1S/C65H78N12O16S/c1-36(79)56(77-62(89)47(69-55(83)33-66)27-37-11-5-3-6-12-37)64(91)74-49(28-38-13-7-4-8-14-38)59(86)76-53(35-78)63(90)73-51(32-54(67)82)61(88)71-48(29-39-17-21-42(80)22-18-39)58(85)72-50(31-41-34-68-45-16-10-9-15-44(41)45)60(87)70-46(25-26-94-2)57(84)75-52(65(92)93)30-40-19-23-43(81)24-20-40/h3-24,34,36,46-53,56,68,78-81H,25-33,35,66H2,1-2H3,(H2,67,82)(H,69,83)(H,70,87)(H,71,88)(H,72,85)(H,73,90)(H,74,91)(H,75,84)(H,76,86)(H,77,89)(H,92,93)/t36-,46+,47+,48+,49+,50+,51+,52+,53+,56+/m1/s1. The van der Waals surface area contributed by atoms with Gasteiger partial charge in [0.15, 0.2) is 0 Å². The van der Waals surface area contributed by atoms with Crippen LogP contribution in [0.5, 0.6) is 11.5 Å². The molecular formula is C65H78N12O16S. The van der Waals surface area contributed by atoms with E-state index in [1.165, 1.54) is 67.2 Å². The molecule has 6 rings (SSSR count). The summed E-state index contributed by atoms with van der Waals surface area (Å²) >= 11 is 1.33. The van der Waals surface area contributed by atoms with Crippen LogP contribution in [0.3, 0.4) is 0 Å². The van der Waals surface area contributed by atoms with E-state index in [0.29, 0.717) is 44.5 Å². The van der Waals surface area contributed by atoms with Crippen LogP contribution >= 0.6 is 11.8 Å². The maximum absolute atomic E-state index is 14.9. The number of aliphatic carboxylic acids is 1. The fourth-order valence-corrected chi connectivity index (χ4v) is 10.4. The number of H-pyrrole nitrogens is 1. The number of aromatic amines is 1. The van der Waals surface area contributed by atoms with Gasteiger partial charge in [0, 0.05) is 49.2 Å². The molecule has 28 nitrogen and oxygen atoms in total. The molecule has 0 spiro atoms. The summed E-state index contributed by atoms with van der Waals surface area (Å²) in [6, 6.07) is 20.4. The first-order valence-corrected chi connectivity index (χ1v) is 31.2. The molecule has 0 aliphatic heterocycles. The zero-order valence-corrected chi connectivity index (χ0v) is 52.2. The van der Waals surface area contributed by atoms with Gasteiger partial charge in [0.2, 0.25) is 59.1 Å².